The summed E-state index contributed by atoms with van der Waals surface area (Å²) >= 11 is 3.48. The van der Waals surface area contributed by atoms with Gasteiger partial charge in [-0.05, 0) is 42.3 Å². The van der Waals surface area contributed by atoms with Crippen molar-refractivity contribution >= 4 is 27.9 Å². The molecule has 1 atom stereocenters. The SMILES string of the molecule is C[C@@]1(c2ccc3c(c2)OCCO3)NC(=O)N(Cc2cc3c(cc2Br)OCO3)C1=O. The quantitative estimate of drug-likeness (QED) is 0.708. The number of fused-ring (bicyclic) bond motifs is 2. The molecule has 1 N–H and O–H groups in total. The summed E-state index contributed by atoms with van der Waals surface area (Å²) in [6.45, 7) is 2.86. The molecule has 150 valence electrons. The minimum Gasteiger partial charge on any atom is -0.486 e. The van der Waals surface area contributed by atoms with Crippen LogP contribution in [0, 0.1) is 0 Å². The van der Waals surface area contributed by atoms with Crippen LogP contribution in [0.15, 0.2) is 34.8 Å². The maximum Gasteiger partial charge on any atom is 0.325 e. The molecule has 5 rings (SSSR count). The van der Waals surface area contributed by atoms with Gasteiger partial charge in [0.1, 0.15) is 18.8 Å². The summed E-state index contributed by atoms with van der Waals surface area (Å²) in [6.07, 6.45) is 0. The molecule has 1 saturated heterocycles. The second-order valence-electron chi connectivity index (χ2n) is 7.10. The minimum absolute atomic E-state index is 0.0992. The first-order valence-corrected chi connectivity index (χ1v) is 9.87. The largest absolute Gasteiger partial charge is 0.486 e. The predicted octanol–water partition coefficient (Wildman–Crippen LogP) is 2.92. The lowest BCUT2D eigenvalue weighted by Crippen LogP contribution is -2.41. The van der Waals surface area contributed by atoms with Crippen molar-refractivity contribution in [1.82, 2.24) is 10.2 Å². The Morgan fingerprint density at radius 2 is 1.69 bits per heavy atom. The number of imide groups is 1. The molecule has 3 aliphatic rings. The van der Waals surface area contributed by atoms with Crippen molar-refractivity contribution in [2.45, 2.75) is 19.0 Å². The van der Waals surface area contributed by atoms with E-state index in [1.807, 2.05) is 0 Å². The van der Waals surface area contributed by atoms with E-state index in [4.69, 9.17) is 18.9 Å². The average molecular weight is 461 g/mol. The molecule has 3 amide bonds. The van der Waals surface area contributed by atoms with E-state index in [0.29, 0.717) is 41.8 Å². The number of urea groups is 1. The monoisotopic (exact) mass is 460 g/mol. The van der Waals surface area contributed by atoms with Crippen LogP contribution in [-0.4, -0.2) is 36.8 Å². The van der Waals surface area contributed by atoms with Gasteiger partial charge >= 0.3 is 6.03 Å². The van der Waals surface area contributed by atoms with Gasteiger partial charge in [0.15, 0.2) is 23.0 Å². The van der Waals surface area contributed by atoms with Crippen molar-refractivity contribution in [3.8, 4) is 23.0 Å². The minimum atomic E-state index is -1.20. The summed E-state index contributed by atoms with van der Waals surface area (Å²) < 4.78 is 22.6. The van der Waals surface area contributed by atoms with Gasteiger partial charge in [0.2, 0.25) is 6.79 Å². The van der Waals surface area contributed by atoms with Crippen LogP contribution >= 0.6 is 15.9 Å². The number of carbonyl (C=O) groups excluding carboxylic acids is 2. The molecule has 0 unspecified atom stereocenters. The third-order valence-electron chi connectivity index (χ3n) is 5.26. The van der Waals surface area contributed by atoms with Gasteiger partial charge in [0, 0.05) is 4.47 Å². The standard InChI is InChI=1S/C20H17BrN2O6/c1-20(12-2-3-14-16(7-12)27-5-4-26-14)18(24)23(19(25)22-20)9-11-6-15-17(8-13(11)21)29-10-28-15/h2-3,6-8H,4-5,9-10H2,1H3,(H,22,25)/t20-/m0/s1. The Bertz CT molecular complexity index is 1040. The Labute approximate surface area is 174 Å². The van der Waals surface area contributed by atoms with Crippen LogP contribution in [0.1, 0.15) is 18.1 Å². The summed E-state index contributed by atoms with van der Waals surface area (Å²) in [5, 5.41) is 2.82. The molecule has 2 aromatic carbocycles. The summed E-state index contributed by atoms with van der Waals surface area (Å²) in [6, 6.07) is 8.35. The maximum atomic E-state index is 13.3. The van der Waals surface area contributed by atoms with Gasteiger partial charge in [0.25, 0.3) is 5.91 Å². The van der Waals surface area contributed by atoms with Gasteiger partial charge in [-0.2, -0.15) is 0 Å². The van der Waals surface area contributed by atoms with E-state index in [2.05, 4.69) is 21.2 Å². The van der Waals surface area contributed by atoms with Gasteiger partial charge in [-0.25, -0.2) is 4.79 Å². The third kappa shape index (κ3) is 2.88. The van der Waals surface area contributed by atoms with Crippen molar-refractivity contribution in [3.63, 3.8) is 0 Å². The number of benzene rings is 2. The zero-order valence-corrected chi connectivity index (χ0v) is 17.1. The summed E-state index contributed by atoms with van der Waals surface area (Å²) in [5.74, 6) is 2.06. The smallest absolute Gasteiger partial charge is 0.325 e. The molecule has 2 aromatic rings. The van der Waals surface area contributed by atoms with Crippen LogP contribution in [-0.2, 0) is 16.9 Å². The molecule has 0 radical (unpaired) electrons. The van der Waals surface area contributed by atoms with E-state index in [0.717, 1.165) is 10.0 Å². The zero-order chi connectivity index (χ0) is 20.2. The molecule has 8 nitrogen and oxygen atoms in total. The normalized spacial score (nSPS) is 22.1. The molecule has 1 fully saturated rings. The molecule has 0 aromatic heterocycles. The molecular weight excluding hydrogens is 444 g/mol. The van der Waals surface area contributed by atoms with E-state index in [1.54, 1.807) is 37.3 Å². The van der Waals surface area contributed by atoms with Crippen molar-refractivity contribution in [3.05, 3.63) is 45.9 Å². The fourth-order valence-corrected chi connectivity index (χ4v) is 4.09. The first-order valence-electron chi connectivity index (χ1n) is 9.08. The van der Waals surface area contributed by atoms with Crippen molar-refractivity contribution in [2.75, 3.05) is 20.0 Å². The van der Waals surface area contributed by atoms with E-state index in [1.165, 1.54) is 4.90 Å². The zero-order valence-electron chi connectivity index (χ0n) is 15.5. The number of halogens is 1. The van der Waals surface area contributed by atoms with E-state index >= 15 is 0 Å². The van der Waals surface area contributed by atoms with Crippen molar-refractivity contribution < 1.29 is 28.5 Å². The molecule has 29 heavy (non-hydrogen) atoms. The number of amides is 3. The van der Waals surface area contributed by atoms with E-state index in [9.17, 15) is 9.59 Å². The molecule has 0 bridgehead atoms. The fraction of sp³-hybridized carbons (Fsp3) is 0.300. The van der Waals surface area contributed by atoms with Crippen LogP contribution in [0.3, 0.4) is 0 Å². The molecule has 0 spiro atoms. The Hall–Kier alpha value is -2.94. The topological polar surface area (TPSA) is 86.3 Å². The lowest BCUT2D eigenvalue weighted by atomic mass is 9.91. The average Bonchev–Trinajstić information content (AvgIpc) is 3.25. The number of nitrogens with zero attached hydrogens (tertiary/aromatic N) is 1. The van der Waals surface area contributed by atoms with Crippen LogP contribution in [0.5, 0.6) is 23.0 Å². The molecule has 0 aliphatic carbocycles. The highest BCUT2D eigenvalue weighted by Gasteiger charge is 2.49. The highest BCUT2D eigenvalue weighted by molar-refractivity contribution is 9.10. The van der Waals surface area contributed by atoms with Crippen LogP contribution < -0.4 is 24.3 Å². The second kappa shape index (κ2) is 6.55. The third-order valence-corrected chi connectivity index (χ3v) is 6.00. The van der Waals surface area contributed by atoms with Crippen LogP contribution in [0.25, 0.3) is 0 Å². The highest BCUT2D eigenvalue weighted by atomic mass is 79.9. The summed E-state index contributed by atoms with van der Waals surface area (Å²) in [5.41, 5.74) is 0.173. The second-order valence-corrected chi connectivity index (χ2v) is 7.96. The van der Waals surface area contributed by atoms with Gasteiger partial charge in [0.05, 0.1) is 6.54 Å². The molecule has 0 saturated carbocycles. The van der Waals surface area contributed by atoms with Crippen molar-refractivity contribution in [1.29, 1.82) is 0 Å². The lowest BCUT2D eigenvalue weighted by molar-refractivity contribution is -0.131. The molecule has 3 aliphatic heterocycles. The lowest BCUT2D eigenvalue weighted by Gasteiger charge is -2.25. The van der Waals surface area contributed by atoms with Crippen LogP contribution in [0.4, 0.5) is 4.79 Å². The van der Waals surface area contributed by atoms with Gasteiger partial charge in [-0.3, -0.25) is 9.69 Å². The molecule has 3 heterocycles. The Kier molecular flexibility index (Phi) is 4.09. The van der Waals surface area contributed by atoms with E-state index < -0.39 is 11.6 Å². The Morgan fingerprint density at radius 1 is 1.00 bits per heavy atom. The number of nitrogens with one attached hydrogen (secondary N) is 1. The number of hydrogen-bond donors (Lipinski definition) is 1. The highest BCUT2D eigenvalue weighted by Crippen LogP contribution is 2.40. The summed E-state index contributed by atoms with van der Waals surface area (Å²) in [7, 11) is 0. The first-order chi connectivity index (χ1) is 14.0. The molecule has 9 heteroatoms. The van der Waals surface area contributed by atoms with Crippen LogP contribution in [0.2, 0.25) is 0 Å². The summed E-state index contributed by atoms with van der Waals surface area (Å²) in [4.78, 5) is 27.1. The van der Waals surface area contributed by atoms with E-state index in [-0.39, 0.29) is 19.2 Å². The van der Waals surface area contributed by atoms with Gasteiger partial charge in [-0.1, -0.05) is 22.0 Å². The number of rotatable bonds is 3. The predicted molar refractivity (Wildman–Crippen MR) is 104 cm³/mol. The Balaban J connectivity index is 1.44. The van der Waals surface area contributed by atoms with Crippen molar-refractivity contribution in [2.24, 2.45) is 0 Å². The van der Waals surface area contributed by atoms with Gasteiger partial charge < -0.3 is 24.3 Å². The number of hydrogen-bond acceptors (Lipinski definition) is 6. The first kappa shape index (κ1) is 18.1. The number of ether oxygens (including phenoxy) is 4. The Morgan fingerprint density at radius 3 is 2.48 bits per heavy atom. The maximum absolute atomic E-state index is 13.3. The molecular formula is C20H17BrN2O6. The fourth-order valence-electron chi connectivity index (χ4n) is 3.64. The number of carbonyl (C=O) groups is 2. The van der Waals surface area contributed by atoms with Gasteiger partial charge in [-0.15, -0.1) is 0 Å².